The van der Waals surface area contributed by atoms with Crippen LogP contribution < -0.4 is 14.8 Å². The molecular formula is C21H30N2O3. The van der Waals surface area contributed by atoms with Crippen LogP contribution in [-0.2, 0) is 10.3 Å². The molecule has 1 unspecified atom stereocenters. The lowest BCUT2D eigenvalue weighted by Crippen LogP contribution is -2.48. The van der Waals surface area contributed by atoms with E-state index >= 15 is 0 Å². The fraction of sp³-hybridized carbons (Fsp3) is 0.667. The number of likely N-dealkylation sites (N-methyl/N-ethyl adjacent to an activating group) is 1. The molecule has 1 atom stereocenters. The highest BCUT2D eigenvalue weighted by atomic mass is 16.6. The molecule has 4 rings (SSSR count). The molecule has 2 saturated carbocycles. The normalized spacial score (nSPS) is 22.3. The molecule has 1 aromatic carbocycles. The predicted octanol–water partition coefficient (Wildman–Crippen LogP) is 3.07. The average molecular weight is 358 g/mol. The van der Waals surface area contributed by atoms with Gasteiger partial charge in [0.25, 0.3) is 0 Å². The summed E-state index contributed by atoms with van der Waals surface area (Å²) in [5.41, 5.74) is 0.877. The van der Waals surface area contributed by atoms with Crippen molar-refractivity contribution in [3.8, 4) is 11.5 Å². The first-order chi connectivity index (χ1) is 12.6. The number of amides is 1. The van der Waals surface area contributed by atoms with Crippen molar-refractivity contribution in [1.29, 1.82) is 0 Å². The number of carbonyl (C=O) groups excluding carboxylic acids is 1. The molecule has 2 aliphatic carbocycles. The smallest absolute Gasteiger partial charge is 0.234 e. The lowest BCUT2D eigenvalue weighted by atomic mass is 9.87. The van der Waals surface area contributed by atoms with Crippen LogP contribution in [0.1, 0.15) is 51.0 Å². The molecular weight excluding hydrogens is 328 g/mol. The van der Waals surface area contributed by atoms with Crippen molar-refractivity contribution in [3.63, 3.8) is 0 Å². The van der Waals surface area contributed by atoms with Crippen molar-refractivity contribution >= 4 is 5.91 Å². The van der Waals surface area contributed by atoms with Crippen LogP contribution in [0.2, 0.25) is 0 Å². The molecule has 142 valence electrons. The van der Waals surface area contributed by atoms with E-state index < -0.39 is 0 Å². The Bertz CT molecular complexity index is 665. The minimum Gasteiger partial charge on any atom is -0.486 e. The van der Waals surface area contributed by atoms with Gasteiger partial charge in [0.2, 0.25) is 5.91 Å². The topological polar surface area (TPSA) is 50.8 Å². The first-order valence-corrected chi connectivity index (χ1v) is 9.99. The summed E-state index contributed by atoms with van der Waals surface area (Å²) in [6, 6.07) is 6.62. The molecule has 5 heteroatoms. The molecule has 1 heterocycles. The highest BCUT2D eigenvalue weighted by Crippen LogP contribution is 2.42. The molecule has 0 spiro atoms. The van der Waals surface area contributed by atoms with Crippen LogP contribution in [0, 0.1) is 5.92 Å². The first kappa shape index (κ1) is 17.7. The van der Waals surface area contributed by atoms with Crippen molar-refractivity contribution in [3.05, 3.63) is 23.8 Å². The number of fused-ring (bicyclic) bond motifs is 1. The minimum absolute atomic E-state index is 0.122. The van der Waals surface area contributed by atoms with Gasteiger partial charge in [-0.1, -0.05) is 18.9 Å². The summed E-state index contributed by atoms with van der Waals surface area (Å²) in [5, 5.41) is 3.38. The Labute approximate surface area is 156 Å². The van der Waals surface area contributed by atoms with Gasteiger partial charge in [0, 0.05) is 6.04 Å². The number of hydrogen-bond acceptors (Lipinski definition) is 4. The molecule has 3 aliphatic rings. The molecule has 1 aliphatic heterocycles. The number of hydrogen-bond donors (Lipinski definition) is 1. The Morgan fingerprint density at radius 3 is 2.62 bits per heavy atom. The van der Waals surface area contributed by atoms with E-state index in [2.05, 4.69) is 36.3 Å². The second-order valence-electron chi connectivity index (χ2n) is 8.19. The first-order valence-electron chi connectivity index (χ1n) is 9.99. The van der Waals surface area contributed by atoms with E-state index in [-0.39, 0.29) is 11.4 Å². The van der Waals surface area contributed by atoms with Crippen LogP contribution in [0.4, 0.5) is 0 Å². The summed E-state index contributed by atoms with van der Waals surface area (Å²) in [5.74, 6) is 2.49. The van der Waals surface area contributed by atoms with Crippen LogP contribution >= 0.6 is 0 Å². The number of carbonyl (C=O) groups is 1. The molecule has 1 N–H and O–H groups in total. The third-order valence-electron chi connectivity index (χ3n) is 6.32. The fourth-order valence-corrected chi connectivity index (χ4v) is 4.42. The quantitative estimate of drug-likeness (QED) is 0.849. The Balaban J connectivity index is 1.48. The van der Waals surface area contributed by atoms with Gasteiger partial charge >= 0.3 is 0 Å². The van der Waals surface area contributed by atoms with Crippen molar-refractivity contribution in [2.75, 3.05) is 26.8 Å². The average Bonchev–Trinajstić information content (AvgIpc) is 3.39. The van der Waals surface area contributed by atoms with E-state index in [0.717, 1.165) is 48.7 Å². The third kappa shape index (κ3) is 3.54. The lowest BCUT2D eigenvalue weighted by Gasteiger charge is -2.33. The van der Waals surface area contributed by atoms with Gasteiger partial charge in [-0.05, 0) is 63.3 Å². The summed E-state index contributed by atoms with van der Waals surface area (Å²) >= 11 is 0. The van der Waals surface area contributed by atoms with Gasteiger partial charge in [-0.2, -0.15) is 0 Å². The maximum Gasteiger partial charge on any atom is 0.234 e. The van der Waals surface area contributed by atoms with Gasteiger partial charge in [-0.25, -0.2) is 0 Å². The van der Waals surface area contributed by atoms with Crippen molar-refractivity contribution in [2.45, 2.75) is 57.0 Å². The Morgan fingerprint density at radius 1 is 1.23 bits per heavy atom. The van der Waals surface area contributed by atoms with Gasteiger partial charge in [0.05, 0.1) is 12.1 Å². The van der Waals surface area contributed by atoms with E-state index in [9.17, 15) is 4.79 Å². The molecule has 2 fully saturated rings. The van der Waals surface area contributed by atoms with Crippen LogP contribution in [0.5, 0.6) is 11.5 Å². The molecule has 0 bridgehead atoms. The third-order valence-corrected chi connectivity index (χ3v) is 6.32. The summed E-state index contributed by atoms with van der Waals surface area (Å²) in [6.07, 6.45) is 6.86. The second-order valence-corrected chi connectivity index (χ2v) is 8.19. The zero-order valence-corrected chi connectivity index (χ0v) is 15.9. The van der Waals surface area contributed by atoms with Gasteiger partial charge < -0.3 is 14.8 Å². The molecule has 26 heavy (non-hydrogen) atoms. The number of benzene rings is 1. The number of nitrogens with one attached hydrogen (secondary N) is 1. The second kappa shape index (κ2) is 7.10. The summed E-state index contributed by atoms with van der Waals surface area (Å²) in [4.78, 5) is 15.0. The molecule has 5 nitrogen and oxygen atoms in total. The zero-order valence-electron chi connectivity index (χ0n) is 15.9. The molecule has 0 aromatic heterocycles. The van der Waals surface area contributed by atoms with Crippen LogP contribution in [0.3, 0.4) is 0 Å². The van der Waals surface area contributed by atoms with E-state index in [1.54, 1.807) is 0 Å². The van der Waals surface area contributed by atoms with E-state index in [0.29, 0.717) is 25.8 Å². The Hall–Kier alpha value is -1.75. The lowest BCUT2D eigenvalue weighted by molar-refractivity contribution is -0.124. The highest BCUT2D eigenvalue weighted by Gasteiger charge is 2.38. The Morgan fingerprint density at radius 2 is 1.92 bits per heavy atom. The van der Waals surface area contributed by atoms with Crippen LogP contribution in [-0.4, -0.2) is 43.7 Å². The standard InChI is InChI=1S/C21H30N2O3/c1-15(16-5-6-16)23(2)14-20(24)22-21(9-3-4-10-21)17-7-8-18-19(13-17)26-12-11-25-18/h7-8,13,15-16H,3-6,9-12,14H2,1-2H3,(H,22,24). The van der Waals surface area contributed by atoms with E-state index in [1.807, 2.05) is 6.07 Å². The SMILES string of the molecule is CC(C1CC1)N(C)CC(=O)NC1(c2ccc3c(c2)OCCO3)CCCC1. The summed E-state index contributed by atoms with van der Waals surface area (Å²) < 4.78 is 11.4. The molecule has 0 radical (unpaired) electrons. The molecule has 1 aromatic rings. The van der Waals surface area contributed by atoms with E-state index in [4.69, 9.17) is 9.47 Å². The molecule has 1 amide bonds. The Kier molecular flexibility index (Phi) is 4.82. The van der Waals surface area contributed by atoms with Gasteiger partial charge in [0.15, 0.2) is 11.5 Å². The van der Waals surface area contributed by atoms with Crippen molar-refractivity contribution in [2.24, 2.45) is 5.92 Å². The number of ether oxygens (including phenoxy) is 2. The highest BCUT2D eigenvalue weighted by molar-refractivity contribution is 5.79. The van der Waals surface area contributed by atoms with Gasteiger partial charge in [0.1, 0.15) is 13.2 Å². The number of nitrogens with zero attached hydrogens (tertiary/aromatic N) is 1. The van der Waals surface area contributed by atoms with Gasteiger partial charge in [-0.15, -0.1) is 0 Å². The van der Waals surface area contributed by atoms with Crippen molar-refractivity contribution in [1.82, 2.24) is 10.2 Å². The largest absolute Gasteiger partial charge is 0.486 e. The summed E-state index contributed by atoms with van der Waals surface area (Å²) in [6.45, 7) is 3.88. The van der Waals surface area contributed by atoms with Crippen LogP contribution in [0.15, 0.2) is 18.2 Å². The van der Waals surface area contributed by atoms with Gasteiger partial charge in [-0.3, -0.25) is 9.69 Å². The maximum absolute atomic E-state index is 12.8. The number of rotatable bonds is 6. The van der Waals surface area contributed by atoms with Crippen LogP contribution in [0.25, 0.3) is 0 Å². The fourth-order valence-electron chi connectivity index (χ4n) is 4.42. The summed E-state index contributed by atoms with van der Waals surface area (Å²) in [7, 11) is 2.06. The minimum atomic E-state index is -0.267. The predicted molar refractivity (Wildman–Crippen MR) is 101 cm³/mol. The van der Waals surface area contributed by atoms with Crippen molar-refractivity contribution < 1.29 is 14.3 Å². The maximum atomic E-state index is 12.8. The monoisotopic (exact) mass is 358 g/mol. The zero-order chi connectivity index (χ0) is 18.1. The van der Waals surface area contributed by atoms with E-state index in [1.165, 1.54) is 12.8 Å². The molecule has 0 saturated heterocycles.